The van der Waals surface area contributed by atoms with Gasteiger partial charge < -0.3 is 20.2 Å². The summed E-state index contributed by atoms with van der Waals surface area (Å²) in [4.78, 5) is 38.8. The van der Waals surface area contributed by atoms with E-state index in [1.165, 1.54) is 0 Å². The summed E-state index contributed by atoms with van der Waals surface area (Å²) < 4.78 is 0. The van der Waals surface area contributed by atoms with Crippen LogP contribution in [0.4, 0.5) is 10.5 Å². The number of nitrogens with one attached hydrogen (secondary N) is 1. The first kappa shape index (κ1) is 17.5. The Hall–Kier alpha value is -2.28. The van der Waals surface area contributed by atoms with Crippen LogP contribution in [0.1, 0.15) is 19.3 Å². The number of piperidine rings is 1. The summed E-state index contributed by atoms with van der Waals surface area (Å²) in [5, 5.41) is 12.5. The van der Waals surface area contributed by atoms with Crippen molar-refractivity contribution in [3.8, 4) is 0 Å². The number of anilines is 1. The van der Waals surface area contributed by atoms with Crippen molar-refractivity contribution < 1.29 is 19.5 Å². The number of amides is 3. The molecule has 7 nitrogen and oxygen atoms in total. The van der Waals surface area contributed by atoms with Gasteiger partial charge in [-0.2, -0.15) is 0 Å². The quantitative estimate of drug-likeness (QED) is 0.859. The SMILES string of the molecule is O=C(O)C1CC(=O)N(C2CCN(C(=O)Nc3ccc(Cl)cc3)CC2)C1. The summed E-state index contributed by atoms with van der Waals surface area (Å²) in [6.45, 7) is 1.34. The number of likely N-dealkylation sites (tertiary alicyclic amines) is 2. The van der Waals surface area contributed by atoms with E-state index < -0.39 is 11.9 Å². The van der Waals surface area contributed by atoms with E-state index in [9.17, 15) is 14.4 Å². The lowest BCUT2D eigenvalue weighted by molar-refractivity contribution is -0.141. The summed E-state index contributed by atoms with van der Waals surface area (Å²) >= 11 is 5.82. The first-order valence-corrected chi connectivity index (χ1v) is 8.65. The van der Waals surface area contributed by atoms with Crippen LogP contribution >= 0.6 is 11.6 Å². The molecule has 0 aromatic heterocycles. The lowest BCUT2D eigenvalue weighted by Crippen LogP contribution is -2.48. The molecule has 0 aliphatic carbocycles. The number of halogens is 1. The molecule has 2 heterocycles. The topological polar surface area (TPSA) is 90.0 Å². The van der Waals surface area contributed by atoms with Crippen LogP contribution in [0.3, 0.4) is 0 Å². The van der Waals surface area contributed by atoms with Gasteiger partial charge in [0.15, 0.2) is 0 Å². The molecule has 0 spiro atoms. The van der Waals surface area contributed by atoms with E-state index in [4.69, 9.17) is 16.7 Å². The standard InChI is InChI=1S/C17H20ClN3O4/c18-12-1-3-13(4-2-12)19-17(25)20-7-5-14(6-8-20)21-10-11(16(23)24)9-15(21)22/h1-4,11,14H,5-10H2,(H,19,25)(H,23,24). The van der Waals surface area contributed by atoms with Crippen LogP contribution < -0.4 is 5.32 Å². The zero-order valence-electron chi connectivity index (χ0n) is 13.7. The molecule has 0 bridgehead atoms. The fourth-order valence-corrected chi connectivity index (χ4v) is 3.49. The molecule has 8 heteroatoms. The zero-order valence-corrected chi connectivity index (χ0v) is 14.4. The molecular weight excluding hydrogens is 346 g/mol. The van der Waals surface area contributed by atoms with Crippen molar-refractivity contribution in [1.82, 2.24) is 9.80 Å². The normalized spacial score (nSPS) is 21.5. The maximum absolute atomic E-state index is 12.3. The minimum absolute atomic E-state index is 0.0106. The van der Waals surface area contributed by atoms with E-state index in [2.05, 4.69) is 5.32 Å². The number of carbonyl (C=O) groups excluding carboxylic acids is 2. The minimum Gasteiger partial charge on any atom is -0.481 e. The Labute approximate surface area is 150 Å². The lowest BCUT2D eigenvalue weighted by Gasteiger charge is -2.36. The number of carboxylic acid groups (broad SMARTS) is 1. The maximum atomic E-state index is 12.3. The van der Waals surface area contributed by atoms with Crippen molar-refractivity contribution in [2.75, 3.05) is 25.0 Å². The number of hydrogen-bond acceptors (Lipinski definition) is 3. The summed E-state index contributed by atoms with van der Waals surface area (Å²) in [7, 11) is 0. The fourth-order valence-electron chi connectivity index (χ4n) is 3.37. The van der Waals surface area contributed by atoms with Crippen LogP contribution in [0, 0.1) is 5.92 Å². The molecule has 2 N–H and O–H groups in total. The van der Waals surface area contributed by atoms with Crippen LogP contribution in [-0.4, -0.2) is 58.5 Å². The highest BCUT2D eigenvalue weighted by Crippen LogP contribution is 2.26. The van der Waals surface area contributed by atoms with Crippen LogP contribution in [-0.2, 0) is 9.59 Å². The number of carbonyl (C=O) groups is 3. The number of urea groups is 1. The second-order valence-corrected chi connectivity index (χ2v) is 6.88. The first-order valence-electron chi connectivity index (χ1n) is 8.28. The van der Waals surface area contributed by atoms with Gasteiger partial charge in [-0.05, 0) is 37.1 Å². The van der Waals surface area contributed by atoms with Gasteiger partial charge in [-0.15, -0.1) is 0 Å². The molecule has 1 aromatic carbocycles. The predicted molar refractivity (Wildman–Crippen MR) is 92.5 cm³/mol. The molecule has 3 rings (SSSR count). The Bertz CT molecular complexity index is 671. The van der Waals surface area contributed by atoms with Crippen LogP contribution in [0.25, 0.3) is 0 Å². The number of rotatable bonds is 3. The molecule has 3 amide bonds. The van der Waals surface area contributed by atoms with Gasteiger partial charge in [0, 0.05) is 42.8 Å². The zero-order chi connectivity index (χ0) is 18.0. The molecule has 25 heavy (non-hydrogen) atoms. The molecule has 2 saturated heterocycles. The molecule has 1 unspecified atom stereocenters. The highest BCUT2D eigenvalue weighted by atomic mass is 35.5. The van der Waals surface area contributed by atoms with E-state index in [1.54, 1.807) is 34.1 Å². The van der Waals surface area contributed by atoms with Gasteiger partial charge in [0.1, 0.15) is 0 Å². The predicted octanol–water partition coefficient (Wildman–Crippen LogP) is 2.27. The number of carboxylic acids is 1. The van der Waals surface area contributed by atoms with Gasteiger partial charge in [0.2, 0.25) is 5.91 Å². The summed E-state index contributed by atoms with van der Waals surface area (Å²) in [5.74, 6) is -1.63. The smallest absolute Gasteiger partial charge is 0.321 e. The number of nitrogens with zero attached hydrogens (tertiary/aromatic N) is 2. The van der Waals surface area contributed by atoms with Gasteiger partial charge in [-0.25, -0.2) is 4.79 Å². The monoisotopic (exact) mass is 365 g/mol. The third kappa shape index (κ3) is 4.04. The third-order valence-corrected chi connectivity index (χ3v) is 5.05. The Balaban J connectivity index is 1.51. The molecule has 134 valence electrons. The third-order valence-electron chi connectivity index (χ3n) is 4.80. The number of aliphatic carboxylic acids is 1. The summed E-state index contributed by atoms with van der Waals surface area (Å²) in [6, 6.07) is 6.72. The van der Waals surface area contributed by atoms with Crippen molar-refractivity contribution in [3.05, 3.63) is 29.3 Å². The number of hydrogen-bond donors (Lipinski definition) is 2. The average molecular weight is 366 g/mol. The molecule has 1 aromatic rings. The largest absolute Gasteiger partial charge is 0.481 e. The van der Waals surface area contributed by atoms with E-state index >= 15 is 0 Å². The molecule has 2 aliphatic heterocycles. The summed E-state index contributed by atoms with van der Waals surface area (Å²) in [5.41, 5.74) is 0.676. The summed E-state index contributed by atoms with van der Waals surface area (Å²) in [6.07, 6.45) is 1.39. The molecule has 0 radical (unpaired) electrons. The van der Waals surface area contributed by atoms with Gasteiger partial charge in [0.25, 0.3) is 0 Å². The van der Waals surface area contributed by atoms with Crippen molar-refractivity contribution in [3.63, 3.8) is 0 Å². The molecule has 2 aliphatic rings. The van der Waals surface area contributed by atoms with E-state index in [0.29, 0.717) is 36.6 Å². The van der Waals surface area contributed by atoms with E-state index in [0.717, 1.165) is 0 Å². The van der Waals surface area contributed by atoms with Gasteiger partial charge in [-0.3, -0.25) is 9.59 Å². The van der Waals surface area contributed by atoms with Crippen LogP contribution in [0.2, 0.25) is 5.02 Å². The van der Waals surface area contributed by atoms with Crippen molar-refractivity contribution in [1.29, 1.82) is 0 Å². The molecule has 0 saturated carbocycles. The fraction of sp³-hybridized carbons (Fsp3) is 0.471. The van der Waals surface area contributed by atoms with Crippen LogP contribution in [0.15, 0.2) is 24.3 Å². The number of benzene rings is 1. The van der Waals surface area contributed by atoms with Gasteiger partial charge in [-0.1, -0.05) is 11.6 Å². The Morgan fingerprint density at radius 1 is 1.16 bits per heavy atom. The second kappa shape index (κ2) is 7.31. The Morgan fingerprint density at radius 3 is 2.36 bits per heavy atom. The second-order valence-electron chi connectivity index (χ2n) is 6.44. The Morgan fingerprint density at radius 2 is 1.80 bits per heavy atom. The highest BCUT2D eigenvalue weighted by Gasteiger charge is 2.39. The van der Waals surface area contributed by atoms with E-state index in [1.807, 2.05) is 0 Å². The molecule has 2 fully saturated rings. The maximum Gasteiger partial charge on any atom is 0.321 e. The Kier molecular flexibility index (Phi) is 5.13. The van der Waals surface area contributed by atoms with Crippen LogP contribution in [0.5, 0.6) is 0 Å². The van der Waals surface area contributed by atoms with Gasteiger partial charge in [0.05, 0.1) is 5.92 Å². The van der Waals surface area contributed by atoms with E-state index in [-0.39, 0.29) is 30.9 Å². The van der Waals surface area contributed by atoms with Crippen molar-refractivity contribution >= 4 is 35.2 Å². The molecule has 1 atom stereocenters. The van der Waals surface area contributed by atoms with Gasteiger partial charge >= 0.3 is 12.0 Å². The highest BCUT2D eigenvalue weighted by molar-refractivity contribution is 6.30. The van der Waals surface area contributed by atoms with Crippen molar-refractivity contribution in [2.45, 2.75) is 25.3 Å². The first-order chi connectivity index (χ1) is 11.9. The lowest BCUT2D eigenvalue weighted by atomic mass is 10.0. The molecular formula is C17H20ClN3O4. The van der Waals surface area contributed by atoms with Crippen molar-refractivity contribution in [2.24, 2.45) is 5.92 Å². The minimum atomic E-state index is -0.921. The average Bonchev–Trinajstić information content (AvgIpc) is 2.99.